The second-order valence-electron chi connectivity index (χ2n) is 7.50. The molecule has 0 bridgehead atoms. The number of hydrogen-bond donors (Lipinski definition) is 1. The summed E-state index contributed by atoms with van der Waals surface area (Å²) in [6.45, 7) is 3.95. The molecule has 1 N–H and O–H groups in total. The van der Waals surface area contributed by atoms with Gasteiger partial charge in [0.2, 0.25) is 5.91 Å². The number of amides is 1. The van der Waals surface area contributed by atoms with Gasteiger partial charge < -0.3 is 10.2 Å². The summed E-state index contributed by atoms with van der Waals surface area (Å²) in [6, 6.07) is 10.7. The van der Waals surface area contributed by atoms with Gasteiger partial charge in [-0.25, -0.2) is 9.97 Å². The molecule has 0 atom stereocenters. The summed E-state index contributed by atoms with van der Waals surface area (Å²) in [5, 5.41) is 8.30. The quantitative estimate of drug-likeness (QED) is 0.722. The van der Waals surface area contributed by atoms with Crippen molar-refractivity contribution in [2.45, 2.75) is 18.9 Å². The molecule has 6 nitrogen and oxygen atoms in total. The van der Waals surface area contributed by atoms with Crippen LogP contribution in [-0.4, -0.2) is 59.5 Å². The van der Waals surface area contributed by atoms with E-state index in [1.54, 1.807) is 11.3 Å². The summed E-state index contributed by atoms with van der Waals surface area (Å²) < 4.78 is 0. The molecule has 0 radical (unpaired) electrons. The molecule has 5 rings (SSSR count). The molecule has 2 fully saturated rings. The van der Waals surface area contributed by atoms with Crippen molar-refractivity contribution >= 4 is 34.0 Å². The van der Waals surface area contributed by atoms with Gasteiger partial charge in [-0.2, -0.15) is 11.3 Å². The summed E-state index contributed by atoms with van der Waals surface area (Å²) in [5.74, 6) is 1.93. The number of carbonyl (C=O) groups is 1. The van der Waals surface area contributed by atoms with E-state index in [1.165, 1.54) is 0 Å². The number of aromatic nitrogens is 2. The lowest BCUT2D eigenvalue weighted by Crippen LogP contribution is -2.50. The minimum absolute atomic E-state index is 0.156. The average Bonchev–Trinajstić information content (AvgIpc) is 3.35. The first-order chi connectivity index (χ1) is 13.8. The van der Waals surface area contributed by atoms with Gasteiger partial charge >= 0.3 is 0 Å². The molecule has 3 heterocycles. The molecule has 1 aliphatic heterocycles. The minimum atomic E-state index is 0.156. The number of anilines is 1. The Morgan fingerprint density at radius 3 is 2.68 bits per heavy atom. The molecule has 144 valence electrons. The molecule has 7 heteroatoms. The lowest BCUT2D eigenvalue weighted by atomic mass is 10.2. The number of rotatable bonds is 5. The fourth-order valence-electron chi connectivity index (χ4n) is 3.64. The first-order valence-electron chi connectivity index (χ1n) is 9.82. The van der Waals surface area contributed by atoms with Crippen LogP contribution in [0.4, 0.5) is 5.82 Å². The van der Waals surface area contributed by atoms with E-state index in [-0.39, 0.29) is 5.91 Å². The zero-order chi connectivity index (χ0) is 18.9. The van der Waals surface area contributed by atoms with Gasteiger partial charge in [-0.1, -0.05) is 12.1 Å². The molecule has 1 aliphatic carbocycles. The van der Waals surface area contributed by atoms with Gasteiger partial charge in [0.25, 0.3) is 0 Å². The van der Waals surface area contributed by atoms with Crippen LogP contribution in [0.5, 0.6) is 0 Å². The second kappa shape index (κ2) is 7.48. The number of para-hydroxylation sites is 1. The van der Waals surface area contributed by atoms with E-state index in [0.717, 1.165) is 67.1 Å². The summed E-state index contributed by atoms with van der Waals surface area (Å²) in [4.78, 5) is 26.3. The molecule has 1 amide bonds. The van der Waals surface area contributed by atoms with E-state index in [9.17, 15) is 4.79 Å². The lowest BCUT2D eigenvalue weighted by molar-refractivity contribution is -0.122. The summed E-state index contributed by atoms with van der Waals surface area (Å²) >= 11 is 1.66. The van der Waals surface area contributed by atoms with Crippen LogP contribution in [0.3, 0.4) is 0 Å². The summed E-state index contributed by atoms with van der Waals surface area (Å²) in [5.41, 5.74) is 2.03. The molecule has 1 aromatic carbocycles. The molecule has 28 heavy (non-hydrogen) atoms. The Balaban J connectivity index is 1.35. The number of benzene rings is 1. The molecule has 1 saturated heterocycles. The monoisotopic (exact) mass is 393 g/mol. The smallest absolute Gasteiger partial charge is 0.234 e. The largest absolute Gasteiger partial charge is 0.353 e. The van der Waals surface area contributed by atoms with Gasteiger partial charge in [0.15, 0.2) is 5.82 Å². The van der Waals surface area contributed by atoms with E-state index in [1.807, 2.05) is 12.1 Å². The Morgan fingerprint density at radius 1 is 1.11 bits per heavy atom. The Labute approximate surface area is 168 Å². The predicted molar refractivity (Wildman–Crippen MR) is 113 cm³/mol. The van der Waals surface area contributed by atoms with Crippen molar-refractivity contribution in [2.75, 3.05) is 37.6 Å². The maximum Gasteiger partial charge on any atom is 0.234 e. The van der Waals surface area contributed by atoms with Gasteiger partial charge in [0, 0.05) is 48.6 Å². The van der Waals surface area contributed by atoms with E-state index in [0.29, 0.717) is 12.6 Å². The van der Waals surface area contributed by atoms with Gasteiger partial charge in [-0.3, -0.25) is 9.69 Å². The van der Waals surface area contributed by atoms with E-state index in [4.69, 9.17) is 9.97 Å². The third-order valence-electron chi connectivity index (χ3n) is 5.34. The highest BCUT2D eigenvalue weighted by molar-refractivity contribution is 7.08. The van der Waals surface area contributed by atoms with Crippen LogP contribution < -0.4 is 10.2 Å². The number of piperazine rings is 1. The number of nitrogens with zero attached hydrogens (tertiary/aromatic N) is 4. The molecule has 3 aromatic rings. The number of carbonyl (C=O) groups excluding carboxylic acids is 1. The standard InChI is InChI=1S/C21H23N5OS/c27-19(22-16-5-6-16)13-25-8-10-26(11-9-25)21-17-3-1-2-4-18(17)23-20(24-21)15-7-12-28-14-15/h1-4,7,12,14,16H,5-6,8-11,13H2,(H,22,27). The third kappa shape index (κ3) is 3.72. The zero-order valence-corrected chi connectivity index (χ0v) is 16.5. The van der Waals surface area contributed by atoms with Crippen LogP contribution in [0.15, 0.2) is 41.1 Å². The Kier molecular flexibility index (Phi) is 4.70. The highest BCUT2D eigenvalue weighted by Gasteiger charge is 2.26. The maximum atomic E-state index is 12.1. The highest BCUT2D eigenvalue weighted by atomic mass is 32.1. The zero-order valence-electron chi connectivity index (χ0n) is 15.7. The van der Waals surface area contributed by atoms with Crippen LogP contribution in [0, 0.1) is 0 Å². The molecule has 0 spiro atoms. The average molecular weight is 394 g/mol. The van der Waals surface area contributed by atoms with Gasteiger partial charge in [0.05, 0.1) is 12.1 Å². The van der Waals surface area contributed by atoms with Crippen molar-refractivity contribution < 1.29 is 4.79 Å². The number of fused-ring (bicyclic) bond motifs is 1. The molecular weight excluding hydrogens is 370 g/mol. The van der Waals surface area contributed by atoms with Gasteiger partial charge in [0.1, 0.15) is 5.82 Å². The SMILES string of the molecule is O=C(CN1CCN(c2nc(-c3ccsc3)nc3ccccc23)CC1)NC1CC1. The maximum absolute atomic E-state index is 12.1. The van der Waals surface area contributed by atoms with Gasteiger partial charge in [-0.15, -0.1) is 0 Å². The van der Waals surface area contributed by atoms with Crippen LogP contribution in [0.25, 0.3) is 22.3 Å². The topological polar surface area (TPSA) is 61.4 Å². The number of hydrogen-bond acceptors (Lipinski definition) is 6. The minimum Gasteiger partial charge on any atom is -0.353 e. The van der Waals surface area contributed by atoms with Crippen molar-refractivity contribution in [3.63, 3.8) is 0 Å². The van der Waals surface area contributed by atoms with Crippen molar-refractivity contribution in [1.29, 1.82) is 0 Å². The van der Waals surface area contributed by atoms with Crippen molar-refractivity contribution in [2.24, 2.45) is 0 Å². The van der Waals surface area contributed by atoms with E-state index >= 15 is 0 Å². The van der Waals surface area contributed by atoms with Crippen LogP contribution in [0.2, 0.25) is 0 Å². The van der Waals surface area contributed by atoms with Crippen LogP contribution in [0.1, 0.15) is 12.8 Å². The number of thiophene rings is 1. The first-order valence-corrected chi connectivity index (χ1v) is 10.8. The van der Waals surface area contributed by atoms with Crippen LogP contribution in [-0.2, 0) is 4.79 Å². The third-order valence-corrected chi connectivity index (χ3v) is 6.03. The highest BCUT2D eigenvalue weighted by Crippen LogP contribution is 2.29. The molecule has 0 unspecified atom stereocenters. The summed E-state index contributed by atoms with van der Waals surface area (Å²) in [7, 11) is 0. The van der Waals surface area contributed by atoms with Crippen molar-refractivity contribution in [1.82, 2.24) is 20.2 Å². The van der Waals surface area contributed by atoms with E-state index in [2.05, 4.69) is 44.1 Å². The molecule has 2 aliphatic rings. The molecule has 2 aromatic heterocycles. The van der Waals surface area contributed by atoms with Gasteiger partial charge in [-0.05, 0) is 36.4 Å². The fourth-order valence-corrected chi connectivity index (χ4v) is 4.28. The van der Waals surface area contributed by atoms with Crippen molar-refractivity contribution in [3.05, 3.63) is 41.1 Å². The molecular formula is C21H23N5OS. The van der Waals surface area contributed by atoms with Crippen LogP contribution >= 0.6 is 11.3 Å². The molecule has 1 saturated carbocycles. The number of nitrogens with one attached hydrogen (secondary N) is 1. The van der Waals surface area contributed by atoms with E-state index < -0.39 is 0 Å². The Morgan fingerprint density at radius 2 is 1.93 bits per heavy atom. The summed E-state index contributed by atoms with van der Waals surface area (Å²) in [6.07, 6.45) is 2.26. The Hall–Kier alpha value is -2.51. The normalized spacial score (nSPS) is 17.8. The predicted octanol–water partition coefficient (Wildman–Crippen LogP) is 2.76. The lowest BCUT2D eigenvalue weighted by Gasteiger charge is -2.35. The second-order valence-corrected chi connectivity index (χ2v) is 8.29. The first kappa shape index (κ1) is 17.6. The fraction of sp³-hybridized carbons (Fsp3) is 0.381. The van der Waals surface area contributed by atoms with Crippen molar-refractivity contribution in [3.8, 4) is 11.4 Å². The Bertz CT molecular complexity index is 978.